The number of rotatable bonds is 6. The molecule has 1 heterocycles. The molecule has 6 nitrogen and oxygen atoms in total. The van der Waals surface area contributed by atoms with Gasteiger partial charge in [-0.05, 0) is 48.1 Å². The zero-order valence-corrected chi connectivity index (χ0v) is 17.4. The zero-order chi connectivity index (χ0) is 20.3. The third-order valence-corrected chi connectivity index (χ3v) is 7.77. The van der Waals surface area contributed by atoms with E-state index in [2.05, 4.69) is 5.32 Å². The monoisotopic (exact) mass is 414 g/mol. The van der Waals surface area contributed by atoms with Crippen LogP contribution in [-0.4, -0.2) is 51.4 Å². The Morgan fingerprint density at radius 2 is 1.72 bits per heavy atom. The molecule has 0 spiro atoms. The standard InChI is InChI=1S/C22H27N3O3S/c26-22(23-16-18-5-2-1-3-6-18)17-24-11-13-25(14-12-24)29(27,28)21-10-9-19-7-4-8-20(19)15-21/h1-3,5-6,9-10,15H,4,7-8,11-14,16-17H2,(H,23,26)/p+1. The molecule has 4 rings (SSSR count). The lowest BCUT2D eigenvalue weighted by molar-refractivity contribution is -0.895. The first-order valence-corrected chi connectivity index (χ1v) is 11.7. The molecule has 154 valence electrons. The fraction of sp³-hybridized carbons (Fsp3) is 0.409. The van der Waals surface area contributed by atoms with E-state index < -0.39 is 10.0 Å². The quantitative estimate of drug-likeness (QED) is 0.718. The number of carbonyl (C=O) groups excluding carboxylic acids is 1. The summed E-state index contributed by atoms with van der Waals surface area (Å²) < 4.78 is 27.6. The predicted octanol–water partition coefficient (Wildman–Crippen LogP) is 0.381. The second-order valence-electron chi connectivity index (χ2n) is 7.88. The van der Waals surface area contributed by atoms with Crippen molar-refractivity contribution >= 4 is 15.9 Å². The average molecular weight is 415 g/mol. The van der Waals surface area contributed by atoms with Crippen LogP contribution in [0.3, 0.4) is 0 Å². The van der Waals surface area contributed by atoms with Crippen LogP contribution in [0.2, 0.25) is 0 Å². The van der Waals surface area contributed by atoms with Crippen LogP contribution in [0.4, 0.5) is 0 Å². The summed E-state index contributed by atoms with van der Waals surface area (Å²) in [5.74, 6) is -0.00113. The van der Waals surface area contributed by atoms with Gasteiger partial charge in [0.2, 0.25) is 10.0 Å². The summed E-state index contributed by atoms with van der Waals surface area (Å²) in [5.41, 5.74) is 3.52. The van der Waals surface area contributed by atoms with Gasteiger partial charge in [0.05, 0.1) is 31.1 Å². The highest BCUT2D eigenvalue weighted by atomic mass is 32.2. The molecule has 7 heteroatoms. The number of benzene rings is 2. The zero-order valence-electron chi connectivity index (χ0n) is 16.6. The molecular formula is C22H28N3O3S+. The summed E-state index contributed by atoms with van der Waals surface area (Å²) in [6.45, 7) is 3.07. The first kappa shape index (κ1) is 20.1. The fourth-order valence-electron chi connectivity index (χ4n) is 4.16. The van der Waals surface area contributed by atoms with Crippen molar-refractivity contribution in [3.63, 3.8) is 0 Å². The van der Waals surface area contributed by atoms with Crippen LogP contribution in [0.25, 0.3) is 0 Å². The highest BCUT2D eigenvalue weighted by Gasteiger charge is 2.31. The third-order valence-electron chi connectivity index (χ3n) is 5.88. The van der Waals surface area contributed by atoms with Gasteiger partial charge in [0.25, 0.3) is 5.91 Å². The Labute approximate surface area is 172 Å². The molecule has 0 aromatic heterocycles. The number of quaternary nitrogens is 1. The number of aryl methyl sites for hydroxylation is 2. The SMILES string of the molecule is O=C(C[NH+]1CCN(S(=O)(=O)c2ccc3c(c2)CCC3)CC1)NCc1ccccc1. The maximum Gasteiger partial charge on any atom is 0.275 e. The van der Waals surface area contributed by atoms with Crippen molar-refractivity contribution in [1.29, 1.82) is 0 Å². The molecule has 2 N–H and O–H groups in total. The van der Waals surface area contributed by atoms with Crippen molar-refractivity contribution in [2.24, 2.45) is 0 Å². The molecule has 1 aliphatic carbocycles. The fourth-order valence-corrected chi connectivity index (χ4v) is 5.66. The van der Waals surface area contributed by atoms with Crippen molar-refractivity contribution in [2.75, 3.05) is 32.7 Å². The van der Waals surface area contributed by atoms with Gasteiger partial charge < -0.3 is 10.2 Å². The summed E-state index contributed by atoms with van der Waals surface area (Å²) in [4.78, 5) is 13.8. The molecule has 2 aromatic rings. The molecule has 1 aliphatic heterocycles. The van der Waals surface area contributed by atoms with E-state index in [1.165, 1.54) is 11.1 Å². The van der Waals surface area contributed by atoms with Gasteiger partial charge in [0, 0.05) is 6.54 Å². The van der Waals surface area contributed by atoms with E-state index in [1.807, 2.05) is 42.5 Å². The van der Waals surface area contributed by atoms with Gasteiger partial charge in [-0.3, -0.25) is 4.79 Å². The van der Waals surface area contributed by atoms with Crippen LogP contribution in [0.1, 0.15) is 23.1 Å². The number of hydrogen-bond acceptors (Lipinski definition) is 3. The Hall–Kier alpha value is -2.22. The van der Waals surface area contributed by atoms with E-state index >= 15 is 0 Å². The van der Waals surface area contributed by atoms with Gasteiger partial charge >= 0.3 is 0 Å². The molecule has 1 fully saturated rings. The molecular weight excluding hydrogens is 386 g/mol. The number of fused-ring (bicyclic) bond motifs is 1. The number of nitrogens with zero attached hydrogens (tertiary/aromatic N) is 1. The lowest BCUT2D eigenvalue weighted by Crippen LogP contribution is -3.15. The van der Waals surface area contributed by atoms with E-state index in [4.69, 9.17) is 0 Å². The van der Waals surface area contributed by atoms with E-state index in [0.29, 0.717) is 44.2 Å². The molecule has 0 radical (unpaired) electrons. The number of hydrogen-bond donors (Lipinski definition) is 2. The van der Waals surface area contributed by atoms with Gasteiger partial charge in [0.15, 0.2) is 6.54 Å². The number of piperazine rings is 1. The molecule has 0 bridgehead atoms. The summed E-state index contributed by atoms with van der Waals surface area (Å²) in [7, 11) is -3.46. The van der Waals surface area contributed by atoms with E-state index in [0.717, 1.165) is 29.7 Å². The Kier molecular flexibility index (Phi) is 5.99. The predicted molar refractivity (Wildman–Crippen MR) is 111 cm³/mol. The second-order valence-corrected chi connectivity index (χ2v) is 9.82. The molecule has 2 aliphatic rings. The van der Waals surface area contributed by atoms with Crippen LogP contribution in [0.5, 0.6) is 0 Å². The minimum Gasteiger partial charge on any atom is -0.347 e. The maximum absolute atomic E-state index is 13.0. The van der Waals surface area contributed by atoms with Crippen LogP contribution >= 0.6 is 0 Å². The number of carbonyl (C=O) groups is 1. The largest absolute Gasteiger partial charge is 0.347 e. The van der Waals surface area contributed by atoms with Crippen molar-refractivity contribution < 1.29 is 18.1 Å². The summed E-state index contributed by atoms with van der Waals surface area (Å²) in [6.07, 6.45) is 3.12. The summed E-state index contributed by atoms with van der Waals surface area (Å²) >= 11 is 0. The molecule has 0 atom stereocenters. The average Bonchev–Trinajstić information content (AvgIpc) is 3.21. The van der Waals surface area contributed by atoms with Gasteiger partial charge in [-0.15, -0.1) is 0 Å². The molecule has 0 saturated carbocycles. The number of nitrogens with one attached hydrogen (secondary N) is 2. The maximum atomic E-state index is 13.0. The van der Waals surface area contributed by atoms with Crippen molar-refractivity contribution in [3.05, 3.63) is 65.2 Å². The number of sulfonamides is 1. The topological polar surface area (TPSA) is 70.9 Å². The first-order chi connectivity index (χ1) is 14.0. The first-order valence-electron chi connectivity index (χ1n) is 10.3. The lowest BCUT2D eigenvalue weighted by atomic mass is 10.1. The smallest absolute Gasteiger partial charge is 0.275 e. The Balaban J connectivity index is 1.29. The van der Waals surface area contributed by atoms with Crippen LogP contribution in [-0.2, 0) is 34.2 Å². The highest BCUT2D eigenvalue weighted by Crippen LogP contribution is 2.26. The van der Waals surface area contributed by atoms with E-state index in [-0.39, 0.29) is 5.91 Å². The van der Waals surface area contributed by atoms with Gasteiger partial charge in [-0.25, -0.2) is 8.42 Å². The van der Waals surface area contributed by atoms with Crippen LogP contribution < -0.4 is 10.2 Å². The van der Waals surface area contributed by atoms with Gasteiger partial charge in [-0.2, -0.15) is 4.31 Å². The van der Waals surface area contributed by atoms with Crippen LogP contribution in [0, 0.1) is 0 Å². The number of amides is 1. The van der Waals surface area contributed by atoms with Crippen molar-refractivity contribution in [2.45, 2.75) is 30.7 Å². The summed E-state index contributed by atoms with van der Waals surface area (Å²) in [6, 6.07) is 15.4. The van der Waals surface area contributed by atoms with E-state index in [9.17, 15) is 13.2 Å². The second kappa shape index (κ2) is 8.65. The Morgan fingerprint density at radius 1 is 1.00 bits per heavy atom. The minimum atomic E-state index is -3.46. The van der Waals surface area contributed by atoms with Gasteiger partial charge in [-0.1, -0.05) is 36.4 Å². The van der Waals surface area contributed by atoms with Crippen molar-refractivity contribution in [1.82, 2.24) is 9.62 Å². The van der Waals surface area contributed by atoms with Gasteiger partial charge in [0.1, 0.15) is 0 Å². The third kappa shape index (κ3) is 4.69. The normalized spacial score (nSPS) is 17.8. The molecule has 29 heavy (non-hydrogen) atoms. The Morgan fingerprint density at radius 3 is 2.48 bits per heavy atom. The van der Waals surface area contributed by atoms with Crippen LogP contribution in [0.15, 0.2) is 53.4 Å². The molecule has 0 unspecified atom stereocenters. The molecule has 1 amide bonds. The highest BCUT2D eigenvalue weighted by molar-refractivity contribution is 7.89. The summed E-state index contributed by atoms with van der Waals surface area (Å²) in [5, 5.41) is 2.95. The van der Waals surface area contributed by atoms with E-state index in [1.54, 1.807) is 10.4 Å². The molecule has 1 saturated heterocycles. The van der Waals surface area contributed by atoms with Crippen molar-refractivity contribution in [3.8, 4) is 0 Å². The Bertz CT molecular complexity index is 968. The minimum absolute atomic E-state index is 0.00113. The molecule has 2 aromatic carbocycles. The lowest BCUT2D eigenvalue weighted by Gasteiger charge is -2.31.